The van der Waals surface area contributed by atoms with Gasteiger partial charge in [0.1, 0.15) is 5.69 Å². The lowest BCUT2D eigenvalue weighted by atomic mass is 9.97. The molecule has 1 fully saturated rings. The molecule has 0 saturated carbocycles. The highest BCUT2D eigenvalue weighted by Gasteiger charge is 2.29. The SMILES string of the molecule is CCCCn1nc(C(=O)N2CCC[C@@H](c3noc(C)n3)C2)ccc1=O. The zero-order valence-corrected chi connectivity index (χ0v) is 14.6. The van der Waals surface area contributed by atoms with Crippen molar-refractivity contribution in [2.45, 2.75) is 52.0 Å². The number of likely N-dealkylation sites (tertiary alicyclic amines) is 1. The molecule has 2 aromatic heterocycles. The van der Waals surface area contributed by atoms with Crippen LogP contribution in [0.3, 0.4) is 0 Å². The number of aromatic nitrogens is 4. The van der Waals surface area contributed by atoms with Gasteiger partial charge in [0.25, 0.3) is 11.5 Å². The molecule has 0 N–H and O–H groups in total. The summed E-state index contributed by atoms with van der Waals surface area (Å²) in [6.45, 7) is 5.54. The minimum atomic E-state index is -0.177. The highest BCUT2D eigenvalue weighted by molar-refractivity contribution is 5.92. The van der Waals surface area contributed by atoms with Crippen molar-refractivity contribution in [2.75, 3.05) is 13.1 Å². The summed E-state index contributed by atoms with van der Waals surface area (Å²) in [5.74, 6) is 1.09. The normalized spacial score (nSPS) is 17.7. The highest BCUT2D eigenvalue weighted by atomic mass is 16.5. The zero-order valence-electron chi connectivity index (χ0n) is 14.6. The van der Waals surface area contributed by atoms with E-state index >= 15 is 0 Å². The van der Waals surface area contributed by atoms with E-state index in [1.54, 1.807) is 11.8 Å². The van der Waals surface area contributed by atoms with E-state index < -0.39 is 0 Å². The van der Waals surface area contributed by atoms with Crippen LogP contribution in [0.1, 0.15) is 60.7 Å². The van der Waals surface area contributed by atoms with Crippen LogP contribution in [-0.2, 0) is 6.54 Å². The number of hydrogen-bond donors (Lipinski definition) is 0. The molecule has 0 spiro atoms. The van der Waals surface area contributed by atoms with E-state index in [9.17, 15) is 9.59 Å². The molecule has 134 valence electrons. The van der Waals surface area contributed by atoms with Crippen LogP contribution in [0.5, 0.6) is 0 Å². The van der Waals surface area contributed by atoms with Gasteiger partial charge in [-0.2, -0.15) is 10.1 Å². The van der Waals surface area contributed by atoms with E-state index in [1.165, 1.54) is 16.8 Å². The summed E-state index contributed by atoms with van der Waals surface area (Å²) in [4.78, 5) is 30.7. The molecule has 25 heavy (non-hydrogen) atoms. The molecule has 0 radical (unpaired) electrons. The van der Waals surface area contributed by atoms with Gasteiger partial charge in [-0.25, -0.2) is 4.68 Å². The second-order valence-electron chi connectivity index (χ2n) is 6.40. The van der Waals surface area contributed by atoms with Crippen LogP contribution < -0.4 is 5.56 Å². The van der Waals surface area contributed by atoms with Crippen LogP contribution in [0.25, 0.3) is 0 Å². The number of carbonyl (C=O) groups excluding carboxylic acids is 1. The lowest BCUT2D eigenvalue weighted by Crippen LogP contribution is -2.40. The van der Waals surface area contributed by atoms with Crippen molar-refractivity contribution in [3.63, 3.8) is 0 Å². The molecule has 1 saturated heterocycles. The first kappa shape index (κ1) is 17.3. The standard InChI is InChI=1S/C17H23N5O3/c1-3-4-10-22-15(23)8-7-14(19-22)17(24)21-9-5-6-13(11-21)16-18-12(2)25-20-16/h7-8,13H,3-6,9-11H2,1-2H3/t13-/m1/s1. The van der Waals surface area contributed by atoms with Crippen molar-refractivity contribution in [3.05, 3.63) is 39.9 Å². The maximum absolute atomic E-state index is 12.8. The molecule has 3 heterocycles. The Bertz CT molecular complexity index is 798. The average Bonchev–Trinajstić information content (AvgIpc) is 3.07. The van der Waals surface area contributed by atoms with Crippen molar-refractivity contribution >= 4 is 5.91 Å². The van der Waals surface area contributed by atoms with E-state index in [0.29, 0.717) is 37.0 Å². The maximum Gasteiger partial charge on any atom is 0.274 e. The third-order valence-electron chi connectivity index (χ3n) is 4.43. The fourth-order valence-corrected chi connectivity index (χ4v) is 3.05. The Balaban J connectivity index is 1.75. The summed E-state index contributed by atoms with van der Waals surface area (Å²) in [6.07, 6.45) is 3.61. The lowest BCUT2D eigenvalue weighted by molar-refractivity contribution is 0.0694. The molecule has 1 amide bonds. The average molecular weight is 345 g/mol. The van der Waals surface area contributed by atoms with Crippen LogP contribution >= 0.6 is 0 Å². The zero-order chi connectivity index (χ0) is 17.8. The Kier molecular flexibility index (Phi) is 5.25. The van der Waals surface area contributed by atoms with Gasteiger partial charge < -0.3 is 9.42 Å². The number of amides is 1. The van der Waals surface area contributed by atoms with Crippen molar-refractivity contribution in [1.29, 1.82) is 0 Å². The van der Waals surface area contributed by atoms with Gasteiger partial charge in [-0.1, -0.05) is 18.5 Å². The number of piperidine rings is 1. The third kappa shape index (κ3) is 3.94. The van der Waals surface area contributed by atoms with Gasteiger partial charge in [-0.15, -0.1) is 0 Å². The number of rotatable bonds is 5. The summed E-state index contributed by atoms with van der Waals surface area (Å²) in [5.41, 5.74) is 0.129. The van der Waals surface area contributed by atoms with Gasteiger partial charge >= 0.3 is 0 Å². The predicted molar refractivity (Wildman–Crippen MR) is 90.3 cm³/mol. The van der Waals surface area contributed by atoms with Crippen LogP contribution in [0.15, 0.2) is 21.5 Å². The summed E-state index contributed by atoms with van der Waals surface area (Å²) in [5, 5.41) is 8.23. The van der Waals surface area contributed by atoms with Crippen LogP contribution in [0, 0.1) is 6.92 Å². The van der Waals surface area contributed by atoms with Gasteiger partial charge in [0, 0.05) is 38.5 Å². The van der Waals surface area contributed by atoms with E-state index in [2.05, 4.69) is 15.2 Å². The number of hydrogen-bond acceptors (Lipinski definition) is 6. The Hall–Kier alpha value is -2.51. The molecule has 2 aromatic rings. The maximum atomic E-state index is 12.8. The van der Waals surface area contributed by atoms with Crippen LogP contribution in [0.2, 0.25) is 0 Å². The predicted octanol–water partition coefficient (Wildman–Crippen LogP) is 1.75. The summed E-state index contributed by atoms with van der Waals surface area (Å²) in [6, 6.07) is 2.93. The largest absolute Gasteiger partial charge is 0.340 e. The molecule has 0 aromatic carbocycles. The monoisotopic (exact) mass is 345 g/mol. The minimum Gasteiger partial charge on any atom is -0.340 e. The number of nitrogens with zero attached hydrogens (tertiary/aromatic N) is 5. The second kappa shape index (κ2) is 7.58. The molecular formula is C17H23N5O3. The number of aryl methyl sites for hydroxylation is 2. The van der Waals surface area contributed by atoms with Crippen LogP contribution in [-0.4, -0.2) is 43.8 Å². The van der Waals surface area contributed by atoms with Crippen LogP contribution in [0.4, 0.5) is 0 Å². The molecule has 0 bridgehead atoms. The summed E-state index contributed by atoms with van der Waals surface area (Å²) in [7, 11) is 0. The first-order chi connectivity index (χ1) is 12.1. The Labute approximate surface area is 145 Å². The van der Waals surface area contributed by atoms with Crippen molar-refractivity contribution < 1.29 is 9.32 Å². The van der Waals surface area contributed by atoms with Crippen molar-refractivity contribution in [1.82, 2.24) is 24.8 Å². The molecular weight excluding hydrogens is 322 g/mol. The fourth-order valence-electron chi connectivity index (χ4n) is 3.05. The molecule has 0 aliphatic carbocycles. The minimum absolute atomic E-state index is 0.0705. The van der Waals surface area contributed by atoms with Gasteiger partial charge in [0.2, 0.25) is 5.89 Å². The highest BCUT2D eigenvalue weighted by Crippen LogP contribution is 2.25. The molecule has 0 unspecified atom stereocenters. The summed E-state index contributed by atoms with van der Waals surface area (Å²) >= 11 is 0. The molecule has 8 nitrogen and oxygen atoms in total. The summed E-state index contributed by atoms with van der Waals surface area (Å²) < 4.78 is 6.43. The Morgan fingerprint density at radius 1 is 1.40 bits per heavy atom. The van der Waals surface area contributed by atoms with E-state index in [4.69, 9.17) is 4.52 Å². The number of unbranched alkanes of at least 4 members (excludes halogenated alkanes) is 1. The molecule has 1 aliphatic heterocycles. The molecule has 8 heteroatoms. The fraction of sp³-hybridized carbons (Fsp3) is 0.588. The van der Waals surface area contributed by atoms with Gasteiger partial charge in [-0.3, -0.25) is 9.59 Å². The van der Waals surface area contributed by atoms with E-state index in [0.717, 1.165) is 25.7 Å². The first-order valence-electron chi connectivity index (χ1n) is 8.76. The quantitative estimate of drug-likeness (QED) is 0.819. The van der Waals surface area contributed by atoms with Gasteiger partial charge in [0.15, 0.2) is 5.82 Å². The molecule has 3 rings (SSSR count). The molecule has 1 aliphatic rings. The smallest absolute Gasteiger partial charge is 0.274 e. The lowest BCUT2D eigenvalue weighted by Gasteiger charge is -2.31. The Morgan fingerprint density at radius 2 is 2.24 bits per heavy atom. The molecule has 1 atom stereocenters. The van der Waals surface area contributed by atoms with Gasteiger partial charge in [-0.05, 0) is 25.3 Å². The van der Waals surface area contributed by atoms with Crippen molar-refractivity contribution in [2.24, 2.45) is 0 Å². The third-order valence-corrected chi connectivity index (χ3v) is 4.43. The van der Waals surface area contributed by atoms with Gasteiger partial charge in [0.05, 0.1) is 0 Å². The van der Waals surface area contributed by atoms with E-state index in [-0.39, 0.29) is 17.4 Å². The second-order valence-corrected chi connectivity index (χ2v) is 6.40. The van der Waals surface area contributed by atoms with E-state index in [1.807, 2.05) is 6.92 Å². The number of carbonyl (C=O) groups is 1. The Morgan fingerprint density at radius 3 is 2.96 bits per heavy atom. The van der Waals surface area contributed by atoms with Crippen molar-refractivity contribution in [3.8, 4) is 0 Å². The topological polar surface area (TPSA) is 94.1 Å². The first-order valence-corrected chi connectivity index (χ1v) is 8.76.